The minimum atomic E-state index is -0.522. The van der Waals surface area contributed by atoms with E-state index in [0.717, 1.165) is 44.2 Å². The summed E-state index contributed by atoms with van der Waals surface area (Å²) in [5.74, 6) is 1.55. The van der Waals surface area contributed by atoms with Crippen LogP contribution in [0.5, 0.6) is 11.5 Å². The summed E-state index contributed by atoms with van der Waals surface area (Å²) in [6.45, 7) is 8.16. The van der Waals surface area contributed by atoms with E-state index in [0.29, 0.717) is 18.7 Å². The van der Waals surface area contributed by atoms with Crippen molar-refractivity contribution < 1.29 is 14.6 Å². The van der Waals surface area contributed by atoms with Crippen molar-refractivity contribution in [2.24, 2.45) is 0 Å². The number of hydrogen-bond acceptors (Lipinski definition) is 6. The Bertz CT molecular complexity index is 779. The van der Waals surface area contributed by atoms with Crippen molar-refractivity contribution in [1.29, 1.82) is 5.26 Å². The molecule has 2 aromatic rings. The summed E-state index contributed by atoms with van der Waals surface area (Å²) in [7, 11) is 0. The van der Waals surface area contributed by atoms with Gasteiger partial charge >= 0.3 is 0 Å². The number of ether oxygens (including phenoxy) is 2. The molecule has 6 nitrogen and oxygen atoms in total. The lowest BCUT2D eigenvalue weighted by molar-refractivity contribution is 0.0446. The molecule has 3 rings (SSSR count). The molecule has 0 aromatic heterocycles. The van der Waals surface area contributed by atoms with Gasteiger partial charge in [0, 0.05) is 39.3 Å². The van der Waals surface area contributed by atoms with Crippen LogP contribution in [0.4, 0.5) is 0 Å². The van der Waals surface area contributed by atoms with E-state index in [4.69, 9.17) is 14.7 Å². The molecule has 0 radical (unpaired) electrons. The SMILES string of the molecule is CCOc1ccc(OCC(O)CN2CCN(Cc3ccc(C#N)cc3)CC2)cc1. The van der Waals surface area contributed by atoms with E-state index in [9.17, 15) is 5.11 Å². The van der Waals surface area contributed by atoms with E-state index < -0.39 is 6.10 Å². The van der Waals surface area contributed by atoms with Gasteiger partial charge in [-0.2, -0.15) is 5.26 Å². The number of nitriles is 1. The molecule has 6 heteroatoms. The fraction of sp³-hybridized carbons (Fsp3) is 0.435. The Kier molecular flexibility index (Phi) is 7.88. The van der Waals surface area contributed by atoms with E-state index in [2.05, 4.69) is 15.9 Å². The van der Waals surface area contributed by atoms with Crippen LogP contribution in [0.1, 0.15) is 18.1 Å². The third-order valence-electron chi connectivity index (χ3n) is 5.00. The highest BCUT2D eigenvalue weighted by atomic mass is 16.5. The monoisotopic (exact) mass is 395 g/mol. The van der Waals surface area contributed by atoms with Crippen LogP contribution in [0.25, 0.3) is 0 Å². The molecule has 0 saturated carbocycles. The number of hydrogen-bond donors (Lipinski definition) is 1. The minimum Gasteiger partial charge on any atom is -0.494 e. The maximum atomic E-state index is 10.3. The van der Waals surface area contributed by atoms with Crippen LogP contribution in [-0.2, 0) is 6.54 Å². The van der Waals surface area contributed by atoms with E-state index in [1.165, 1.54) is 5.56 Å². The second-order valence-electron chi connectivity index (χ2n) is 7.25. The van der Waals surface area contributed by atoms with Crippen molar-refractivity contribution in [3.63, 3.8) is 0 Å². The van der Waals surface area contributed by atoms with Gasteiger partial charge in [0.2, 0.25) is 0 Å². The van der Waals surface area contributed by atoms with Crippen molar-refractivity contribution in [3.8, 4) is 17.6 Å². The molecule has 0 bridgehead atoms. The molecule has 1 aliphatic rings. The zero-order chi connectivity index (χ0) is 20.5. The molecule has 1 aliphatic heterocycles. The molecule has 0 aliphatic carbocycles. The number of nitrogens with zero attached hydrogens (tertiary/aromatic N) is 3. The normalized spacial score (nSPS) is 16.2. The van der Waals surface area contributed by atoms with Gasteiger partial charge in [0.15, 0.2) is 0 Å². The molecule has 154 valence electrons. The highest BCUT2D eigenvalue weighted by Gasteiger charge is 2.19. The van der Waals surface area contributed by atoms with Gasteiger partial charge in [-0.05, 0) is 48.9 Å². The zero-order valence-corrected chi connectivity index (χ0v) is 17.0. The highest BCUT2D eigenvalue weighted by Crippen LogP contribution is 2.18. The smallest absolute Gasteiger partial charge is 0.119 e. The van der Waals surface area contributed by atoms with E-state index in [-0.39, 0.29) is 6.61 Å². The predicted octanol–water partition coefficient (Wildman–Crippen LogP) is 2.51. The number of aliphatic hydroxyl groups excluding tert-OH is 1. The lowest BCUT2D eigenvalue weighted by Gasteiger charge is -2.35. The third-order valence-corrected chi connectivity index (χ3v) is 5.00. The summed E-state index contributed by atoms with van der Waals surface area (Å²) in [4.78, 5) is 4.68. The average molecular weight is 396 g/mol. The Labute approximate surface area is 172 Å². The maximum Gasteiger partial charge on any atom is 0.119 e. The molecule has 0 spiro atoms. The average Bonchev–Trinajstić information content (AvgIpc) is 2.75. The quantitative estimate of drug-likeness (QED) is 0.704. The molecule has 0 amide bonds. The summed E-state index contributed by atoms with van der Waals surface area (Å²) in [5.41, 5.74) is 1.92. The first-order valence-electron chi connectivity index (χ1n) is 10.1. The predicted molar refractivity (Wildman–Crippen MR) is 112 cm³/mol. The summed E-state index contributed by atoms with van der Waals surface area (Å²) in [6, 6.07) is 17.4. The van der Waals surface area contributed by atoms with Crippen molar-refractivity contribution in [2.45, 2.75) is 19.6 Å². The molecule has 1 fully saturated rings. The van der Waals surface area contributed by atoms with Crippen molar-refractivity contribution >= 4 is 0 Å². The van der Waals surface area contributed by atoms with Gasteiger partial charge in [-0.15, -0.1) is 0 Å². The number of piperazine rings is 1. The molecular formula is C23H29N3O3. The van der Waals surface area contributed by atoms with Gasteiger partial charge in [0.05, 0.1) is 18.2 Å². The summed E-state index contributed by atoms with van der Waals surface area (Å²) >= 11 is 0. The lowest BCUT2D eigenvalue weighted by atomic mass is 10.1. The molecule has 1 saturated heterocycles. The van der Waals surface area contributed by atoms with Crippen molar-refractivity contribution in [3.05, 3.63) is 59.7 Å². The van der Waals surface area contributed by atoms with Gasteiger partial charge in [0.1, 0.15) is 24.2 Å². The number of aliphatic hydroxyl groups is 1. The van der Waals surface area contributed by atoms with E-state index >= 15 is 0 Å². The first-order chi connectivity index (χ1) is 14.2. The zero-order valence-electron chi connectivity index (χ0n) is 17.0. The van der Waals surface area contributed by atoms with Crippen LogP contribution >= 0.6 is 0 Å². The van der Waals surface area contributed by atoms with Gasteiger partial charge < -0.3 is 14.6 Å². The van der Waals surface area contributed by atoms with Gasteiger partial charge in [-0.25, -0.2) is 0 Å². The highest BCUT2D eigenvalue weighted by molar-refractivity contribution is 5.32. The first kappa shape index (κ1) is 21.1. The van der Waals surface area contributed by atoms with E-state index in [1.54, 1.807) is 0 Å². The summed E-state index contributed by atoms with van der Waals surface area (Å²) in [6.07, 6.45) is -0.522. The minimum absolute atomic E-state index is 0.277. The Morgan fingerprint density at radius 3 is 2.10 bits per heavy atom. The second kappa shape index (κ2) is 10.8. The van der Waals surface area contributed by atoms with Gasteiger partial charge in [0.25, 0.3) is 0 Å². The molecule has 1 N–H and O–H groups in total. The first-order valence-corrected chi connectivity index (χ1v) is 10.1. The molecule has 1 atom stereocenters. The summed E-state index contributed by atoms with van der Waals surface area (Å²) < 4.78 is 11.1. The maximum absolute atomic E-state index is 10.3. The van der Waals surface area contributed by atoms with Gasteiger partial charge in [-0.1, -0.05) is 12.1 Å². The second-order valence-corrected chi connectivity index (χ2v) is 7.25. The topological polar surface area (TPSA) is 69.0 Å². The van der Waals surface area contributed by atoms with Crippen molar-refractivity contribution in [2.75, 3.05) is 45.9 Å². The van der Waals surface area contributed by atoms with Crippen LogP contribution in [0, 0.1) is 11.3 Å². The number of β-amino-alcohol motifs (C(OH)–C–C–N with tert-alkyl or cyclic N) is 1. The Morgan fingerprint density at radius 2 is 1.52 bits per heavy atom. The molecule has 1 unspecified atom stereocenters. The molecule has 29 heavy (non-hydrogen) atoms. The fourth-order valence-electron chi connectivity index (χ4n) is 3.41. The number of benzene rings is 2. The lowest BCUT2D eigenvalue weighted by Crippen LogP contribution is -2.48. The van der Waals surface area contributed by atoms with Crippen LogP contribution in [0.3, 0.4) is 0 Å². The molecule has 1 heterocycles. The van der Waals surface area contributed by atoms with Crippen LogP contribution < -0.4 is 9.47 Å². The van der Waals surface area contributed by atoms with Crippen molar-refractivity contribution in [1.82, 2.24) is 9.80 Å². The van der Waals surface area contributed by atoms with Gasteiger partial charge in [-0.3, -0.25) is 9.80 Å². The molecule has 2 aromatic carbocycles. The Hall–Kier alpha value is -2.59. The largest absolute Gasteiger partial charge is 0.494 e. The Morgan fingerprint density at radius 1 is 0.931 bits per heavy atom. The van der Waals surface area contributed by atoms with Crippen LogP contribution in [-0.4, -0.2) is 66.9 Å². The number of rotatable bonds is 9. The Balaban J connectivity index is 1.35. The fourth-order valence-corrected chi connectivity index (χ4v) is 3.41. The summed E-state index contributed by atoms with van der Waals surface area (Å²) in [5, 5.41) is 19.2. The van der Waals surface area contributed by atoms with E-state index in [1.807, 2.05) is 55.5 Å². The van der Waals surface area contributed by atoms with Crippen LogP contribution in [0.15, 0.2) is 48.5 Å². The molecular weight excluding hydrogens is 366 g/mol. The standard InChI is InChI=1S/C23H29N3O3/c1-2-28-22-7-9-23(10-8-22)29-18-21(27)17-26-13-11-25(12-14-26)16-20-5-3-19(15-24)4-6-20/h3-10,21,27H,2,11-14,16-18H2,1H3. The third kappa shape index (κ3) is 6.75. The van der Waals surface area contributed by atoms with Crippen LogP contribution in [0.2, 0.25) is 0 Å².